The smallest absolute Gasteiger partial charge is 0.257 e. The number of ether oxygens (including phenoxy) is 2. The zero-order chi connectivity index (χ0) is 25.0. The van der Waals surface area contributed by atoms with Crippen molar-refractivity contribution in [3.8, 4) is 5.75 Å². The van der Waals surface area contributed by atoms with Crippen LogP contribution in [-0.4, -0.2) is 82.3 Å². The summed E-state index contributed by atoms with van der Waals surface area (Å²) < 4.78 is 37.6. The Morgan fingerprint density at radius 1 is 1.18 bits per heavy atom. The monoisotopic (exact) mass is 495 g/mol. The standard InChI is InChI=1S/C24H37N3O6S/c1-16-13-27(23(28)18-8-6-7-9-18)17(2)15-33-21-12-19(25-34(5,30)31)10-11-20(21)24(29)26(3)14-22(16)32-4/h10-12,16-18,22,25H,6-9,13-15H2,1-5H3/t16-,17+,22-/m1/s1. The lowest BCUT2D eigenvalue weighted by Crippen LogP contribution is -2.50. The Bertz CT molecular complexity index is 992. The summed E-state index contributed by atoms with van der Waals surface area (Å²) in [5.74, 6) is 0.207. The molecule has 9 nitrogen and oxygen atoms in total. The number of likely N-dealkylation sites (N-methyl/N-ethyl adjacent to an activating group) is 1. The number of rotatable bonds is 4. The molecule has 3 atom stereocenters. The summed E-state index contributed by atoms with van der Waals surface area (Å²) in [7, 11) is -0.175. The summed E-state index contributed by atoms with van der Waals surface area (Å²) in [6, 6.07) is 4.38. The van der Waals surface area contributed by atoms with Crippen LogP contribution in [0.5, 0.6) is 5.75 Å². The molecule has 1 saturated carbocycles. The molecule has 190 valence electrons. The van der Waals surface area contributed by atoms with Gasteiger partial charge >= 0.3 is 0 Å². The first-order valence-electron chi connectivity index (χ1n) is 11.8. The van der Waals surface area contributed by atoms with Gasteiger partial charge in [0.15, 0.2) is 0 Å². The van der Waals surface area contributed by atoms with E-state index < -0.39 is 10.0 Å². The van der Waals surface area contributed by atoms with Crippen LogP contribution in [0.15, 0.2) is 18.2 Å². The highest BCUT2D eigenvalue weighted by Crippen LogP contribution is 2.30. The molecule has 0 spiro atoms. The van der Waals surface area contributed by atoms with E-state index in [1.54, 1.807) is 25.1 Å². The van der Waals surface area contributed by atoms with Gasteiger partial charge in [0.1, 0.15) is 12.4 Å². The van der Waals surface area contributed by atoms with Gasteiger partial charge in [-0.15, -0.1) is 0 Å². The molecular weight excluding hydrogens is 458 g/mol. The van der Waals surface area contributed by atoms with Gasteiger partial charge in [-0.25, -0.2) is 8.42 Å². The molecule has 34 heavy (non-hydrogen) atoms. The van der Waals surface area contributed by atoms with Gasteiger partial charge in [0.05, 0.1) is 29.7 Å². The lowest BCUT2D eigenvalue weighted by molar-refractivity contribution is -0.139. The van der Waals surface area contributed by atoms with E-state index >= 15 is 0 Å². The third-order valence-corrected chi connectivity index (χ3v) is 7.34. The Hall–Kier alpha value is -2.33. The Balaban J connectivity index is 1.97. The van der Waals surface area contributed by atoms with E-state index in [2.05, 4.69) is 4.72 Å². The molecule has 1 fully saturated rings. The highest BCUT2D eigenvalue weighted by Gasteiger charge is 2.34. The van der Waals surface area contributed by atoms with Crippen molar-refractivity contribution in [3.63, 3.8) is 0 Å². The molecule has 1 aromatic carbocycles. The zero-order valence-corrected chi connectivity index (χ0v) is 21.6. The average molecular weight is 496 g/mol. The molecule has 1 N–H and O–H groups in total. The fraction of sp³-hybridized carbons (Fsp3) is 0.667. The van der Waals surface area contributed by atoms with Gasteiger partial charge in [0.2, 0.25) is 15.9 Å². The number of nitrogens with zero attached hydrogens (tertiary/aromatic N) is 2. The quantitative estimate of drug-likeness (QED) is 0.688. The van der Waals surface area contributed by atoms with Crippen molar-refractivity contribution in [2.45, 2.75) is 51.7 Å². The highest BCUT2D eigenvalue weighted by molar-refractivity contribution is 7.92. The van der Waals surface area contributed by atoms with Crippen molar-refractivity contribution in [1.29, 1.82) is 0 Å². The van der Waals surface area contributed by atoms with Crippen molar-refractivity contribution in [3.05, 3.63) is 23.8 Å². The third-order valence-electron chi connectivity index (χ3n) is 6.74. The maximum Gasteiger partial charge on any atom is 0.257 e. The van der Waals surface area contributed by atoms with Crippen molar-refractivity contribution in [2.75, 3.05) is 44.8 Å². The van der Waals surface area contributed by atoms with Crippen LogP contribution in [0.2, 0.25) is 0 Å². The van der Waals surface area contributed by atoms with E-state index in [9.17, 15) is 18.0 Å². The van der Waals surface area contributed by atoms with Gasteiger partial charge in [-0.3, -0.25) is 14.3 Å². The molecule has 2 amide bonds. The first kappa shape index (κ1) is 26.3. The van der Waals surface area contributed by atoms with Crippen molar-refractivity contribution in [1.82, 2.24) is 9.80 Å². The van der Waals surface area contributed by atoms with Crippen LogP contribution >= 0.6 is 0 Å². The predicted octanol–water partition coefficient (Wildman–Crippen LogP) is 2.58. The van der Waals surface area contributed by atoms with E-state index in [-0.39, 0.29) is 48.2 Å². The number of nitrogens with one attached hydrogen (secondary N) is 1. The van der Waals surface area contributed by atoms with Crippen LogP contribution in [0.3, 0.4) is 0 Å². The Morgan fingerprint density at radius 3 is 2.47 bits per heavy atom. The van der Waals surface area contributed by atoms with Crippen molar-refractivity contribution in [2.24, 2.45) is 11.8 Å². The van der Waals surface area contributed by atoms with E-state index in [0.29, 0.717) is 24.3 Å². The second kappa shape index (κ2) is 10.9. The van der Waals surface area contributed by atoms with Gasteiger partial charge in [-0.2, -0.15) is 0 Å². The Labute approximate surface area is 202 Å². The van der Waals surface area contributed by atoms with E-state index in [1.807, 2.05) is 18.7 Å². The number of fused-ring (bicyclic) bond motifs is 1. The summed E-state index contributed by atoms with van der Waals surface area (Å²) in [4.78, 5) is 30.1. The normalized spacial score (nSPS) is 25.2. The molecule has 0 saturated heterocycles. The van der Waals surface area contributed by atoms with Crippen LogP contribution < -0.4 is 9.46 Å². The number of carbonyl (C=O) groups excluding carboxylic acids is 2. The Kier molecular flexibility index (Phi) is 8.46. The molecule has 1 aromatic rings. The van der Waals surface area contributed by atoms with Gasteiger partial charge in [-0.1, -0.05) is 19.8 Å². The molecule has 1 aliphatic carbocycles. The van der Waals surface area contributed by atoms with Crippen molar-refractivity contribution < 1.29 is 27.5 Å². The second-order valence-electron chi connectivity index (χ2n) is 9.65. The minimum Gasteiger partial charge on any atom is -0.491 e. The lowest BCUT2D eigenvalue weighted by atomic mass is 9.99. The molecule has 0 radical (unpaired) electrons. The number of methoxy groups -OCH3 is 1. The molecule has 10 heteroatoms. The van der Waals surface area contributed by atoms with E-state index in [0.717, 1.165) is 31.9 Å². The molecule has 0 bridgehead atoms. The van der Waals surface area contributed by atoms with Crippen LogP contribution in [0.4, 0.5) is 5.69 Å². The van der Waals surface area contributed by atoms with Crippen LogP contribution in [0.1, 0.15) is 49.9 Å². The maximum atomic E-state index is 13.4. The molecule has 1 aliphatic heterocycles. The second-order valence-corrected chi connectivity index (χ2v) is 11.4. The molecule has 3 rings (SSSR count). The third kappa shape index (κ3) is 6.41. The van der Waals surface area contributed by atoms with Crippen LogP contribution in [0.25, 0.3) is 0 Å². The number of anilines is 1. The van der Waals surface area contributed by atoms with E-state index in [1.165, 1.54) is 12.1 Å². The number of hydrogen-bond donors (Lipinski definition) is 1. The summed E-state index contributed by atoms with van der Waals surface area (Å²) in [6.07, 6.45) is 4.77. The SMILES string of the molecule is CO[C@@H]1CN(C)C(=O)c2ccc(NS(C)(=O)=O)cc2OC[C@H](C)N(C(=O)C2CCCC2)C[C@H]1C. The summed E-state index contributed by atoms with van der Waals surface area (Å²) in [6.45, 7) is 5.01. The highest BCUT2D eigenvalue weighted by atomic mass is 32.2. The average Bonchev–Trinajstić information content (AvgIpc) is 3.31. The molecule has 0 unspecified atom stereocenters. The number of carbonyl (C=O) groups is 2. The first-order valence-corrected chi connectivity index (χ1v) is 13.7. The van der Waals surface area contributed by atoms with Gasteiger partial charge in [0, 0.05) is 45.1 Å². The minimum absolute atomic E-state index is 0.00767. The molecule has 1 heterocycles. The molecule has 2 aliphatic rings. The summed E-state index contributed by atoms with van der Waals surface area (Å²) in [5, 5.41) is 0. The fourth-order valence-corrected chi connectivity index (χ4v) is 5.32. The largest absolute Gasteiger partial charge is 0.491 e. The number of amides is 2. The summed E-state index contributed by atoms with van der Waals surface area (Å²) >= 11 is 0. The fourth-order valence-electron chi connectivity index (χ4n) is 4.76. The zero-order valence-electron chi connectivity index (χ0n) is 20.7. The van der Waals surface area contributed by atoms with Gasteiger partial charge < -0.3 is 19.3 Å². The van der Waals surface area contributed by atoms with Crippen LogP contribution in [-0.2, 0) is 19.6 Å². The molecular formula is C24H37N3O6S. The number of benzene rings is 1. The minimum atomic E-state index is -3.50. The predicted molar refractivity (Wildman–Crippen MR) is 130 cm³/mol. The van der Waals surface area contributed by atoms with E-state index in [4.69, 9.17) is 9.47 Å². The summed E-state index contributed by atoms with van der Waals surface area (Å²) in [5.41, 5.74) is 0.629. The topological polar surface area (TPSA) is 105 Å². The maximum absolute atomic E-state index is 13.4. The Morgan fingerprint density at radius 2 is 1.85 bits per heavy atom. The van der Waals surface area contributed by atoms with Crippen molar-refractivity contribution >= 4 is 27.5 Å². The number of hydrogen-bond acceptors (Lipinski definition) is 6. The lowest BCUT2D eigenvalue weighted by Gasteiger charge is -2.37. The first-order chi connectivity index (χ1) is 16.0. The number of sulfonamides is 1. The van der Waals surface area contributed by atoms with Crippen LogP contribution in [0, 0.1) is 11.8 Å². The van der Waals surface area contributed by atoms with Gasteiger partial charge in [0.25, 0.3) is 5.91 Å². The molecule has 0 aromatic heterocycles. The van der Waals surface area contributed by atoms with Gasteiger partial charge in [-0.05, 0) is 31.9 Å².